The van der Waals surface area contributed by atoms with Crippen LogP contribution in [0.2, 0.25) is 0 Å². The Bertz CT molecular complexity index is 589. The Morgan fingerprint density at radius 2 is 2.10 bits per heavy atom. The summed E-state index contributed by atoms with van der Waals surface area (Å²) >= 11 is 1.50. The van der Waals surface area contributed by atoms with Gasteiger partial charge in [0.05, 0.1) is 0 Å². The van der Waals surface area contributed by atoms with Crippen molar-refractivity contribution in [2.24, 2.45) is 0 Å². The third kappa shape index (κ3) is 2.77. The van der Waals surface area contributed by atoms with Crippen LogP contribution in [-0.2, 0) is 6.54 Å². The highest BCUT2D eigenvalue weighted by Gasteiger charge is 2.31. The summed E-state index contributed by atoms with van der Waals surface area (Å²) < 4.78 is 4.47. The van der Waals surface area contributed by atoms with Crippen molar-refractivity contribution in [3.63, 3.8) is 0 Å². The van der Waals surface area contributed by atoms with Crippen molar-refractivity contribution >= 4 is 22.4 Å². The topological polar surface area (TPSA) is 55.0 Å². The van der Waals surface area contributed by atoms with Crippen LogP contribution in [0.25, 0.3) is 0 Å². The monoisotopic (exact) mass is 288 g/mol. The normalized spacial score (nSPS) is 14.8. The Morgan fingerprint density at radius 1 is 1.35 bits per heavy atom. The number of para-hydroxylation sites is 1. The highest BCUT2D eigenvalue weighted by Crippen LogP contribution is 2.35. The van der Waals surface area contributed by atoms with E-state index in [1.807, 2.05) is 18.2 Å². The van der Waals surface area contributed by atoms with Gasteiger partial charge in [0.2, 0.25) is 5.13 Å². The van der Waals surface area contributed by atoms with Crippen LogP contribution >= 0.6 is 11.5 Å². The molecule has 1 fully saturated rings. The Labute approximate surface area is 123 Å². The maximum absolute atomic E-state index is 6.06. The van der Waals surface area contributed by atoms with Crippen molar-refractivity contribution < 1.29 is 0 Å². The molecule has 106 valence electrons. The predicted octanol–water partition coefficient (Wildman–Crippen LogP) is 3.41. The maximum Gasteiger partial charge on any atom is 0.205 e. The number of aromatic nitrogens is 2. The molecule has 1 aromatic carbocycles. The van der Waals surface area contributed by atoms with Gasteiger partial charge in [0.1, 0.15) is 5.82 Å². The second-order valence-corrected chi connectivity index (χ2v) is 6.38. The molecule has 1 aliphatic rings. The van der Waals surface area contributed by atoms with Crippen molar-refractivity contribution in [2.45, 2.75) is 45.2 Å². The summed E-state index contributed by atoms with van der Waals surface area (Å²) in [5.41, 5.74) is 8.08. The molecule has 2 N–H and O–H groups in total. The van der Waals surface area contributed by atoms with E-state index in [-0.39, 0.29) is 0 Å². The van der Waals surface area contributed by atoms with E-state index in [1.165, 1.54) is 29.9 Å². The van der Waals surface area contributed by atoms with Crippen LogP contribution in [0.5, 0.6) is 0 Å². The minimum Gasteiger partial charge on any atom is -0.398 e. The average Bonchev–Trinajstić information content (AvgIpc) is 3.14. The standard InChI is InChI=1S/C15H20N4S/c1-10(2)14-17-15(20-18-14)19(12-7-8-12)9-11-5-3-4-6-13(11)16/h3-6,10,12H,7-9,16H2,1-2H3. The number of hydrogen-bond acceptors (Lipinski definition) is 5. The Morgan fingerprint density at radius 3 is 2.70 bits per heavy atom. The van der Waals surface area contributed by atoms with Gasteiger partial charge in [0.25, 0.3) is 0 Å². The van der Waals surface area contributed by atoms with Crippen molar-refractivity contribution in [2.75, 3.05) is 10.6 Å². The Balaban J connectivity index is 1.84. The number of rotatable bonds is 5. The molecule has 0 unspecified atom stereocenters. The van der Waals surface area contributed by atoms with Crippen LogP contribution in [0.3, 0.4) is 0 Å². The molecule has 4 nitrogen and oxygen atoms in total. The van der Waals surface area contributed by atoms with Crippen LogP contribution < -0.4 is 10.6 Å². The molecule has 0 amide bonds. The summed E-state index contributed by atoms with van der Waals surface area (Å²) in [5.74, 6) is 1.32. The molecule has 0 aliphatic heterocycles. The van der Waals surface area contributed by atoms with Gasteiger partial charge >= 0.3 is 0 Å². The van der Waals surface area contributed by atoms with E-state index in [9.17, 15) is 0 Å². The van der Waals surface area contributed by atoms with Gasteiger partial charge in [-0.1, -0.05) is 32.0 Å². The molecule has 0 spiro atoms. The van der Waals surface area contributed by atoms with Gasteiger partial charge in [-0.15, -0.1) is 0 Å². The zero-order valence-electron chi connectivity index (χ0n) is 11.9. The first-order valence-corrected chi connectivity index (χ1v) is 7.86. The van der Waals surface area contributed by atoms with Crippen molar-refractivity contribution in [3.8, 4) is 0 Å². The largest absolute Gasteiger partial charge is 0.398 e. The van der Waals surface area contributed by atoms with Crippen molar-refractivity contribution in [3.05, 3.63) is 35.7 Å². The van der Waals surface area contributed by atoms with Gasteiger partial charge in [0.15, 0.2) is 0 Å². The quantitative estimate of drug-likeness (QED) is 0.857. The second-order valence-electron chi connectivity index (χ2n) is 5.65. The third-order valence-corrected chi connectivity index (χ3v) is 4.34. The number of hydrogen-bond donors (Lipinski definition) is 1. The first kappa shape index (κ1) is 13.4. The van der Waals surface area contributed by atoms with Crippen molar-refractivity contribution in [1.29, 1.82) is 0 Å². The van der Waals surface area contributed by atoms with Gasteiger partial charge < -0.3 is 10.6 Å². The molecule has 20 heavy (non-hydrogen) atoms. The zero-order valence-corrected chi connectivity index (χ0v) is 12.7. The van der Waals surface area contributed by atoms with Gasteiger partial charge in [-0.25, -0.2) is 4.98 Å². The molecular weight excluding hydrogens is 268 g/mol. The molecule has 2 aromatic rings. The number of nitrogens with zero attached hydrogens (tertiary/aromatic N) is 3. The SMILES string of the molecule is CC(C)c1nsc(N(Cc2ccccc2N)C2CC2)n1. The minimum atomic E-state index is 0.378. The molecule has 0 atom stereocenters. The van der Waals surface area contributed by atoms with Crippen LogP contribution in [0.15, 0.2) is 24.3 Å². The molecule has 1 saturated carbocycles. The second kappa shape index (κ2) is 5.40. The lowest BCUT2D eigenvalue weighted by Crippen LogP contribution is -2.25. The van der Waals surface area contributed by atoms with Crippen LogP contribution in [0.4, 0.5) is 10.8 Å². The lowest BCUT2D eigenvalue weighted by molar-refractivity contribution is 0.764. The summed E-state index contributed by atoms with van der Waals surface area (Å²) in [4.78, 5) is 7.05. The number of nitrogen functional groups attached to an aromatic ring is 1. The number of nitrogens with two attached hydrogens (primary N) is 1. The first-order chi connectivity index (χ1) is 9.65. The van der Waals surface area contributed by atoms with E-state index in [2.05, 4.69) is 34.2 Å². The molecule has 3 rings (SSSR count). The molecule has 1 heterocycles. The minimum absolute atomic E-state index is 0.378. The van der Waals surface area contributed by atoms with Gasteiger partial charge in [-0.2, -0.15) is 4.37 Å². The van der Waals surface area contributed by atoms with Gasteiger partial charge in [-0.3, -0.25) is 0 Å². The molecule has 0 radical (unpaired) electrons. The highest BCUT2D eigenvalue weighted by atomic mass is 32.1. The van der Waals surface area contributed by atoms with Crippen LogP contribution in [0.1, 0.15) is 44.0 Å². The summed E-state index contributed by atoms with van der Waals surface area (Å²) in [7, 11) is 0. The molecule has 1 aromatic heterocycles. The summed E-state index contributed by atoms with van der Waals surface area (Å²) in [5, 5.41) is 1.03. The third-order valence-electron chi connectivity index (χ3n) is 3.58. The lowest BCUT2D eigenvalue weighted by atomic mass is 10.1. The molecule has 5 heteroatoms. The Hall–Kier alpha value is -1.62. The summed E-state index contributed by atoms with van der Waals surface area (Å²) in [6.07, 6.45) is 2.48. The van der Waals surface area contributed by atoms with E-state index in [0.717, 1.165) is 23.2 Å². The fourth-order valence-corrected chi connectivity index (χ4v) is 3.06. The molecule has 0 bridgehead atoms. The van der Waals surface area contributed by atoms with Gasteiger partial charge in [-0.05, 0) is 24.5 Å². The van der Waals surface area contributed by atoms with E-state index in [4.69, 9.17) is 5.73 Å². The van der Waals surface area contributed by atoms with E-state index >= 15 is 0 Å². The first-order valence-electron chi connectivity index (χ1n) is 7.09. The highest BCUT2D eigenvalue weighted by molar-refractivity contribution is 7.09. The van der Waals surface area contributed by atoms with Gasteiger partial charge in [0, 0.05) is 35.7 Å². The molecular formula is C15H20N4S. The fraction of sp³-hybridized carbons (Fsp3) is 0.467. The molecule has 0 saturated heterocycles. The predicted molar refractivity (Wildman–Crippen MR) is 84.1 cm³/mol. The Kier molecular flexibility index (Phi) is 3.61. The fourth-order valence-electron chi connectivity index (χ4n) is 2.18. The number of benzene rings is 1. The summed E-state index contributed by atoms with van der Waals surface area (Å²) in [6, 6.07) is 8.66. The lowest BCUT2D eigenvalue weighted by Gasteiger charge is -2.21. The smallest absolute Gasteiger partial charge is 0.205 e. The average molecular weight is 288 g/mol. The van der Waals surface area contributed by atoms with E-state index in [1.54, 1.807) is 0 Å². The van der Waals surface area contributed by atoms with Crippen LogP contribution in [-0.4, -0.2) is 15.4 Å². The van der Waals surface area contributed by atoms with Crippen molar-refractivity contribution in [1.82, 2.24) is 9.36 Å². The maximum atomic E-state index is 6.06. The summed E-state index contributed by atoms with van der Waals surface area (Å²) in [6.45, 7) is 5.08. The van der Waals surface area contributed by atoms with Crippen LogP contribution in [0, 0.1) is 0 Å². The zero-order chi connectivity index (χ0) is 14.1. The van der Waals surface area contributed by atoms with E-state index < -0.39 is 0 Å². The molecule has 1 aliphatic carbocycles. The van der Waals surface area contributed by atoms with E-state index in [0.29, 0.717) is 12.0 Å². The number of anilines is 2.